The molecule has 2 aromatic heterocycles. The third kappa shape index (κ3) is 2.29. The van der Waals surface area contributed by atoms with Crippen LogP contribution in [0.4, 0.5) is 5.82 Å². The van der Waals surface area contributed by atoms with Crippen molar-refractivity contribution in [3.05, 3.63) is 41.5 Å². The zero-order valence-corrected chi connectivity index (χ0v) is 13.4. The molecule has 0 spiro atoms. The van der Waals surface area contributed by atoms with Crippen molar-refractivity contribution in [2.75, 3.05) is 18.0 Å². The van der Waals surface area contributed by atoms with Crippen molar-refractivity contribution in [2.45, 2.75) is 38.8 Å². The largest absolute Gasteiger partial charge is 0.459 e. The van der Waals surface area contributed by atoms with E-state index in [2.05, 4.69) is 15.1 Å². The Labute approximate surface area is 135 Å². The van der Waals surface area contributed by atoms with Gasteiger partial charge in [0.15, 0.2) is 11.6 Å². The summed E-state index contributed by atoms with van der Waals surface area (Å²) in [6, 6.07) is 6.40. The number of amides is 1. The van der Waals surface area contributed by atoms with Crippen molar-refractivity contribution >= 4 is 11.7 Å². The Bertz CT molecular complexity index is 724. The summed E-state index contributed by atoms with van der Waals surface area (Å²) in [4.78, 5) is 17.0. The van der Waals surface area contributed by atoms with Crippen molar-refractivity contribution in [1.29, 1.82) is 0 Å². The number of fused-ring (bicyclic) bond motifs is 1. The van der Waals surface area contributed by atoms with Crippen molar-refractivity contribution < 1.29 is 9.21 Å². The molecule has 6 heteroatoms. The molecular formula is C17H20N4O2. The fraction of sp³-hybridized carbons (Fsp3) is 0.471. The minimum atomic E-state index is 0.0110. The maximum absolute atomic E-state index is 12.7. The average Bonchev–Trinajstić information content (AvgIpc) is 3.23. The number of nitrogens with zero attached hydrogens (tertiary/aromatic N) is 4. The monoisotopic (exact) mass is 312 g/mol. The van der Waals surface area contributed by atoms with Crippen LogP contribution in [0.5, 0.6) is 0 Å². The summed E-state index contributed by atoms with van der Waals surface area (Å²) < 4.78 is 5.38. The fourth-order valence-electron chi connectivity index (χ4n) is 3.79. The molecule has 0 radical (unpaired) electrons. The standard InChI is InChI=1S/C17H20N4O2/c1-11-7-10-23-16(11)17(22)21-9-6-13-14(21)5-8-20(13)15-4-3-12(2)18-19-15/h3-4,7,10,13-14H,5-6,8-9H2,1-2H3/t13-,14+/m1/s1. The first-order valence-electron chi connectivity index (χ1n) is 8.07. The number of carbonyl (C=O) groups is 1. The van der Waals surface area contributed by atoms with Crippen LogP contribution in [0, 0.1) is 13.8 Å². The van der Waals surface area contributed by atoms with Gasteiger partial charge in [0.25, 0.3) is 5.91 Å². The van der Waals surface area contributed by atoms with Gasteiger partial charge in [-0.1, -0.05) is 0 Å². The van der Waals surface area contributed by atoms with Gasteiger partial charge in [-0.3, -0.25) is 4.79 Å². The molecule has 0 N–H and O–H groups in total. The van der Waals surface area contributed by atoms with E-state index in [0.717, 1.165) is 43.0 Å². The minimum Gasteiger partial charge on any atom is -0.459 e. The maximum Gasteiger partial charge on any atom is 0.290 e. The number of carbonyl (C=O) groups excluding carboxylic acids is 1. The molecule has 2 aromatic rings. The van der Waals surface area contributed by atoms with Gasteiger partial charge < -0.3 is 14.2 Å². The first kappa shape index (κ1) is 14.2. The second-order valence-corrected chi connectivity index (χ2v) is 6.37. The highest BCUT2D eigenvalue weighted by Crippen LogP contribution is 2.35. The van der Waals surface area contributed by atoms with Crippen LogP contribution in [0.2, 0.25) is 0 Å². The van der Waals surface area contributed by atoms with Crippen LogP contribution in [0.15, 0.2) is 28.9 Å². The molecule has 2 aliphatic rings. The highest BCUT2D eigenvalue weighted by Gasteiger charge is 2.45. The van der Waals surface area contributed by atoms with Gasteiger partial charge in [-0.05, 0) is 44.9 Å². The number of aryl methyl sites for hydroxylation is 2. The summed E-state index contributed by atoms with van der Waals surface area (Å²) in [7, 11) is 0. The van der Waals surface area contributed by atoms with E-state index in [0.29, 0.717) is 11.8 Å². The lowest BCUT2D eigenvalue weighted by Gasteiger charge is -2.25. The summed E-state index contributed by atoms with van der Waals surface area (Å²) in [6.45, 7) is 5.52. The van der Waals surface area contributed by atoms with Gasteiger partial charge in [-0.15, -0.1) is 5.10 Å². The molecule has 2 saturated heterocycles. The molecule has 0 aromatic carbocycles. The highest BCUT2D eigenvalue weighted by atomic mass is 16.3. The number of aromatic nitrogens is 2. The number of hydrogen-bond acceptors (Lipinski definition) is 5. The van der Waals surface area contributed by atoms with E-state index >= 15 is 0 Å². The summed E-state index contributed by atoms with van der Waals surface area (Å²) >= 11 is 0. The normalized spacial score (nSPS) is 23.4. The lowest BCUT2D eigenvalue weighted by molar-refractivity contribution is 0.0704. The van der Waals surface area contributed by atoms with Crippen LogP contribution < -0.4 is 4.90 Å². The van der Waals surface area contributed by atoms with E-state index in [1.165, 1.54) is 0 Å². The molecule has 4 rings (SSSR count). The van der Waals surface area contributed by atoms with E-state index in [1.807, 2.05) is 36.9 Å². The van der Waals surface area contributed by atoms with Gasteiger partial charge in [-0.2, -0.15) is 5.10 Å². The van der Waals surface area contributed by atoms with Crippen LogP contribution in [0.25, 0.3) is 0 Å². The molecular weight excluding hydrogens is 292 g/mol. The lowest BCUT2D eigenvalue weighted by atomic mass is 10.1. The smallest absolute Gasteiger partial charge is 0.290 e. The van der Waals surface area contributed by atoms with Crippen molar-refractivity contribution in [2.24, 2.45) is 0 Å². The van der Waals surface area contributed by atoms with E-state index in [1.54, 1.807) is 6.26 Å². The second-order valence-electron chi connectivity index (χ2n) is 6.37. The zero-order valence-electron chi connectivity index (χ0n) is 13.4. The lowest BCUT2D eigenvalue weighted by Crippen LogP contribution is -2.40. The Morgan fingerprint density at radius 3 is 2.65 bits per heavy atom. The van der Waals surface area contributed by atoms with E-state index in [9.17, 15) is 4.79 Å². The van der Waals surface area contributed by atoms with Crippen molar-refractivity contribution in [3.8, 4) is 0 Å². The van der Waals surface area contributed by atoms with E-state index in [4.69, 9.17) is 4.42 Å². The number of hydrogen-bond donors (Lipinski definition) is 0. The molecule has 0 saturated carbocycles. The Kier molecular flexibility index (Phi) is 3.32. The molecule has 0 unspecified atom stereocenters. The number of furan rings is 1. The molecule has 1 amide bonds. The summed E-state index contributed by atoms with van der Waals surface area (Å²) in [5.41, 5.74) is 1.82. The SMILES string of the molecule is Cc1ccc(N2CC[C@H]3[C@H]2CCN3C(=O)c2occc2C)nn1. The van der Waals surface area contributed by atoms with Gasteiger partial charge >= 0.3 is 0 Å². The van der Waals surface area contributed by atoms with Gasteiger partial charge in [-0.25, -0.2) is 0 Å². The Morgan fingerprint density at radius 2 is 1.96 bits per heavy atom. The predicted octanol–water partition coefficient (Wildman–Crippen LogP) is 2.18. The predicted molar refractivity (Wildman–Crippen MR) is 85.4 cm³/mol. The molecule has 4 heterocycles. The van der Waals surface area contributed by atoms with E-state index < -0.39 is 0 Å². The third-order valence-electron chi connectivity index (χ3n) is 4.97. The Hall–Kier alpha value is -2.37. The minimum absolute atomic E-state index is 0.0110. The van der Waals surface area contributed by atoms with Gasteiger partial charge in [0, 0.05) is 18.7 Å². The second kappa shape index (κ2) is 5.37. The van der Waals surface area contributed by atoms with Crippen LogP contribution >= 0.6 is 0 Å². The first-order valence-corrected chi connectivity index (χ1v) is 8.07. The first-order chi connectivity index (χ1) is 11.1. The zero-order chi connectivity index (χ0) is 16.0. The van der Waals surface area contributed by atoms with Crippen LogP contribution in [0.3, 0.4) is 0 Å². The van der Waals surface area contributed by atoms with Gasteiger partial charge in [0.1, 0.15) is 0 Å². The highest BCUT2D eigenvalue weighted by molar-refractivity contribution is 5.93. The Balaban J connectivity index is 1.55. The van der Waals surface area contributed by atoms with Gasteiger partial charge in [0.2, 0.25) is 0 Å². The molecule has 2 atom stereocenters. The molecule has 2 fully saturated rings. The molecule has 6 nitrogen and oxygen atoms in total. The quantitative estimate of drug-likeness (QED) is 0.850. The van der Waals surface area contributed by atoms with Crippen molar-refractivity contribution in [1.82, 2.24) is 15.1 Å². The number of likely N-dealkylation sites (tertiary alicyclic amines) is 1. The summed E-state index contributed by atoms with van der Waals surface area (Å²) in [5, 5.41) is 8.47. The molecule has 120 valence electrons. The molecule has 0 aliphatic carbocycles. The van der Waals surface area contributed by atoms with Crippen LogP contribution in [0.1, 0.15) is 34.7 Å². The third-order valence-corrected chi connectivity index (χ3v) is 4.97. The Morgan fingerprint density at radius 1 is 1.13 bits per heavy atom. The van der Waals surface area contributed by atoms with E-state index in [-0.39, 0.29) is 11.9 Å². The molecule has 2 aliphatic heterocycles. The van der Waals surface area contributed by atoms with Gasteiger partial charge in [0.05, 0.1) is 24.0 Å². The number of rotatable bonds is 2. The van der Waals surface area contributed by atoms with Crippen molar-refractivity contribution in [3.63, 3.8) is 0 Å². The fourth-order valence-corrected chi connectivity index (χ4v) is 3.79. The molecule has 23 heavy (non-hydrogen) atoms. The molecule has 0 bridgehead atoms. The topological polar surface area (TPSA) is 62.5 Å². The maximum atomic E-state index is 12.7. The van der Waals surface area contributed by atoms with Crippen LogP contribution in [-0.2, 0) is 0 Å². The number of anilines is 1. The summed E-state index contributed by atoms with van der Waals surface area (Å²) in [5.74, 6) is 1.39. The summed E-state index contributed by atoms with van der Waals surface area (Å²) in [6.07, 6.45) is 3.51. The van der Waals surface area contributed by atoms with Crippen LogP contribution in [-0.4, -0.2) is 46.2 Å². The average molecular weight is 312 g/mol.